The molecule has 0 radical (unpaired) electrons. The first kappa shape index (κ1) is 12.8. The van der Waals surface area contributed by atoms with E-state index in [4.69, 9.17) is 0 Å². The van der Waals surface area contributed by atoms with Gasteiger partial charge in [-0.05, 0) is 17.9 Å². The molecule has 1 aliphatic heterocycles. The van der Waals surface area contributed by atoms with Crippen molar-refractivity contribution in [3.05, 3.63) is 35.9 Å². The summed E-state index contributed by atoms with van der Waals surface area (Å²) in [6.07, 6.45) is 0.696. The SMILES string of the molecule is CCC1(c2ccccc2)C(=O)NC(=O)C(C)C1C. The van der Waals surface area contributed by atoms with E-state index in [9.17, 15) is 9.59 Å². The highest BCUT2D eigenvalue weighted by Crippen LogP contribution is 2.42. The maximum Gasteiger partial charge on any atom is 0.237 e. The fraction of sp³-hybridized carbons (Fsp3) is 0.467. The molecule has 96 valence electrons. The first-order valence-corrected chi connectivity index (χ1v) is 6.44. The summed E-state index contributed by atoms with van der Waals surface area (Å²) in [5.74, 6) is -0.465. The minimum absolute atomic E-state index is 0.00569. The van der Waals surface area contributed by atoms with Crippen molar-refractivity contribution in [3.8, 4) is 0 Å². The van der Waals surface area contributed by atoms with Crippen LogP contribution in [0.4, 0.5) is 0 Å². The van der Waals surface area contributed by atoms with Crippen LogP contribution in [0.5, 0.6) is 0 Å². The third kappa shape index (κ3) is 1.65. The van der Waals surface area contributed by atoms with Crippen LogP contribution in [0.15, 0.2) is 30.3 Å². The first-order valence-electron chi connectivity index (χ1n) is 6.44. The third-order valence-corrected chi connectivity index (χ3v) is 4.43. The first-order chi connectivity index (χ1) is 8.54. The second-order valence-corrected chi connectivity index (χ2v) is 5.09. The van der Waals surface area contributed by atoms with Crippen LogP contribution in [0.1, 0.15) is 32.8 Å². The van der Waals surface area contributed by atoms with Gasteiger partial charge < -0.3 is 0 Å². The Morgan fingerprint density at radius 3 is 2.33 bits per heavy atom. The van der Waals surface area contributed by atoms with E-state index in [0.717, 1.165) is 5.56 Å². The Labute approximate surface area is 108 Å². The largest absolute Gasteiger partial charge is 0.295 e. The Bertz CT molecular complexity index is 469. The zero-order chi connectivity index (χ0) is 13.3. The molecule has 1 heterocycles. The topological polar surface area (TPSA) is 46.2 Å². The molecule has 1 saturated heterocycles. The van der Waals surface area contributed by atoms with Crippen molar-refractivity contribution >= 4 is 11.8 Å². The van der Waals surface area contributed by atoms with E-state index >= 15 is 0 Å². The van der Waals surface area contributed by atoms with Crippen molar-refractivity contribution < 1.29 is 9.59 Å². The lowest BCUT2D eigenvalue weighted by atomic mass is 9.62. The second kappa shape index (κ2) is 4.56. The third-order valence-electron chi connectivity index (χ3n) is 4.43. The van der Waals surface area contributed by atoms with E-state index in [1.165, 1.54) is 0 Å². The number of piperidine rings is 1. The second-order valence-electron chi connectivity index (χ2n) is 5.09. The molecule has 3 nitrogen and oxygen atoms in total. The monoisotopic (exact) mass is 245 g/mol. The Hall–Kier alpha value is -1.64. The maximum atomic E-state index is 12.4. The predicted molar refractivity (Wildman–Crippen MR) is 69.9 cm³/mol. The number of benzene rings is 1. The van der Waals surface area contributed by atoms with Crippen LogP contribution >= 0.6 is 0 Å². The molecule has 1 fully saturated rings. The van der Waals surface area contributed by atoms with Crippen LogP contribution in [-0.4, -0.2) is 11.8 Å². The summed E-state index contributed by atoms with van der Waals surface area (Å²) in [4.78, 5) is 24.1. The van der Waals surface area contributed by atoms with Crippen molar-refractivity contribution in [2.75, 3.05) is 0 Å². The molecule has 2 amide bonds. The minimum atomic E-state index is -0.589. The van der Waals surface area contributed by atoms with E-state index in [1.807, 2.05) is 51.1 Å². The molecule has 3 heteroatoms. The normalized spacial score (nSPS) is 32.2. The van der Waals surface area contributed by atoms with E-state index in [1.54, 1.807) is 0 Å². The van der Waals surface area contributed by atoms with Crippen LogP contribution in [-0.2, 0) is 15.0 Å². The van der Waals surface area contributed by atoms with Crippen LogP contribution in [0.2, 0.25) is 0 Å². The van der Waals surface area contributed by atoms with Crippen LogP contribution < -0.4 is 5.32 Å². The van der Waals surface area contributed by atoms with Gasteiger partial charge in [0, 0.05) is 5.92 Å². The van der Waals surface area contributed by atoms with E-state index in [0.29, 0.717) is 6.42 Å². The summed E-state index contributed by atoms with van der Waals surface area (Å²) in [7, 11) is 0. The molecule has 0 aliphatic carbocycles. The Morgan fingerprint density at radius 2 is 1.78 bits per heavy atom. The quantitative estimate of drug-likeness (QED) is 0.812. The summed E-state index contributed by atoms with van der Waals surface area (Å²) >= 11 is 0. The van der Waals surface area contributed by atoms with Gasteiger partial charge in [0.05, 0.1) is 5.41 Å². The van der Waals surface area contributed by atoms with Gasteiger partial charge in [-0.3, -0.25) is 14.9 Å². The van der Waals surface area contributed by atoms with Gasteiger partial charge in [0.25, 0.3) is 0 Å². The Balaban J connectivity index is 2.54. The number of carbonyl (C=O) groups excluding carboxylic acids is 2. The van der Waals surface area contributed by atoms with Gasteiger partial charge in [0.15, 0.2) is 0 Å². The molecule has 3 unspecified atom stereocenters. The summed E-state index contributed by atoms with van der Waals surface area (Å²) in [5, 5.41) is 2.52. The van der Waals surface area contributed by atoms with Gasteiger partial charge in [-0.15, -0.1) is 0 Å². The smallest absolute Gasteiger partial charge is 0.237 e. The summed E-state index contributed by atoms with van der Waals surface area (Å²) < 4.78 is 0. The fourth-order valence-electron chi connectivity index (χ4n) is 3.01. The molecule has 0 aromatic heterocycles. The number of imide groups is 1. The average molecular weight is 245 g/mol. The molecule has 0 saturated carbocycles. The molecule has 3 atom stereocenters. The van der Waals surface area contributed by atoms with Crippen molar-refractivity contribution in [2.24, 2.45) is 11.8 Å². The van der Waals surface area contributed by atoms with Gasteiger partial charge in [-0.1, -0.05) is 51.1 Å². The number of amides is 2. The van der Waals surface area contributed by atoms with Crippen molar-refractivity contribution in [1.29, 1.82) is 0 Å². The zero-order valence-corrected chi connectivity index (χ0v) is 11.1. The van der Waals surface area contributed by atoms with Gasteiger partial charge >= 0.3 is 0 Å². The molecule has 0 spiro atoms. The van der Waals surface area contributed by atoms with E-state index in [2.05, 4.69) is 5.32 Å². The zero-order valence-electron chi connectivity index (χ0n) is 11.1. The highest BCUT2D eigenvalue weighted by Gasteiger charge is 2.51. The highest BCUT2D eigenvalue weighted by molar-refractivity contribution is 6.04. The van der Waals surface area contributed by atoms with Gasteiger partial charge in [-0.2, -0.15) is 0 Å². The van der Waals surface area contributed by atoms with Gasteiger partial charge in [0.2, 0.25) is 11.8 Å². The standard InChI is InChI=1S/C15H19NO2/c1-4-15(12-8-6-5-7-9-12)11(3)10(2)13(17)16-14(15)18/h5-11H,4H2,1-3H3,(H,16,17,18). The average Bonchev–Trinajstić information content (AvgIpc) is 2.39. The molecule has 2 rings (SSSR count). The van der Waals surface area contributed by atoms with Gasteiger partial charge in [-0.25, -0.2) is 0 Å². The lowest BCUT2D eigenvalue weighted by molar-refractivity contribution is -0.144. The number of rotatable bonds is 2. The highest BCUT2D eigenvalue weighted by atomic mass is 16.2. The predicted octanol–water partition coefficient (Wildman–Crippen LogP) is 2.26. The van der Waals surface area contributed by atoms with E-state index < -0.39 is 5.41 Å². The van der Waals surface area contributed by atoms with Crippen molar-refractivity contribution in [2.45, 2.75) is 32.6 Å². The number of nitrogens with one attached hydrogen (secondary N) is 1. The molecule has 0 bridgehead atoms. The molecule has 18 heavy (non-hydrogen) atoms. The fourth-order valence-corrected chi connectivity index (χ4v) is 3.01. The maximum absolute atomic E-state index is 12.4. The minimum Gasteiger partial charge on any atom is -0.295 e. The molecular weight excluding hydrogens is 226 g/mol. The Kier molecular flexibility index (Phi) is 3.24. The number of hydrogen-bond donors (Lipinski definition) is 1. The Morgan fingerprint density at radius 1 is 1.17 bits per heavy atom. The summed E-state index contributed by atoms with van der Waals surface area (Å²) in [6, 6.07) is 9.76. The van der Waals surface area contributed by atoms with Crippen LogP contribution in [0.25, 0.3) is 0 Å². The van der Waals surface area contributed by atoms with E-state index in [-0.39, 0.29) is 23.7 Å². The van der Waals surface area contributed by atoms with Gasteiger partial charge in [0.1, 0.15) is 0 Å². The lowest BCUT2D eigenvalue weighted by Crippen LogP contribution is -2.59. The van der Waals surface area contributed by atoms with Crippen LogP contribution in [0, 0.1) is 11.8 Å². The molecular formula is C15H19NO2. The molecule has 1 aromatic carbocycles. The van der Waals surface area contributed by atoms with Crippen molar-refractivity contribution in [3.63, 3.8) is 0 Å². The van der Waals surface area contributed by atoms with Crippen LogP contribution in [0.3, 0.4) is 0 Å². The molecule has 1 N–H and O–H groups in total. The number of hydrogen-bond acceptors (Lipinski definition) is 2. The lowest BCUT2D eigenvalue weighted by Gasteiger charge is -2.43. The van der Waals surface area contributed by atoms with Crippen molar-refractivity contribution in [1.82, 2.24) is 5.32 Å². The number of carbonyl (C=O) groups is 2. The molecule has 1 aliphatic rings. The summed E-state index contributed by atoms with van der Waals surface area (Å²) in [5.41, 5.74) is 0.408. The molecule has 1 aromatic rings. The summed E-state index contributed by atoms with van der Waals surface area (Å²) in [6.45, 7) is 5.89.